The van der Waals surface area contributed by atoms with Crippen molar-refractivity contribution in [3.05, 3.63) is 59.7 Å². The lowest BCUT2D eigenvalue weighted by molar-refractivity contribution is -0.172. The second-order valence-corrected chi connectivity index (χ2v) is 10.1. The van der Waals surface area contributed by atoms with Gasteiger partial charge in [0, 0.05) is 5.56 Å². The Bertz CT molecular complexity index is 1190. The van der Waals surface area contributed by atoms with Crippen molar-refractivity contribution >= 4 is 21.7 Å². The van der Waals surface area contributed by atoms with Gasteiger partial charge in [0.15, 0.2) is 14.6 Å². The summed E-state index contributed by atoms with van der Waals surface area (Å²) in [5.41, 5.74) is 6.03. The summed E-state index contributed by atoms with van der Waals surface area (Å²) in [5.74, 6) is 4.42. The first kappa shape index (κ1) is 25.2. The van der Waals surface area contributed by atoms with E-state index in [-0.39, 0.29) is 36.5 Å². The zero-order valence-corrected chi connectivity index (χ0v) is 19.6. The lowest BCUT2D eigenvalue weighted by atomic mass is 9.95. The molecule has 9 nitrogen and oxygen atoms in total. The van der Waals surface area contributed by atoms with Crippen molar-refractivity contribution in [1.29, 1.82) is 0 Å². The Balaban J connectivity index is 1.86. The van der Waals surface area contributed by atoms with Crippen molar-refractivity contribution in [2.24, 2.45) is 5.73 Å². The van der Waals surface area contributed by atoms with Gasteiger partial charge in [0.1, 0.15) is 12.4 Å². The Morgan fingerprint density at radius 1 is 1.12 bits per heavy atom. The molecule has 34 heavy (non-hydrogen) atoms. The number of carbonyl (C=O) groups excluding carboxylic acids is 2. The molecule has 0 unspecified atom stereocenters. The first-order chi connectivity index (χ1) is 16.2. The minimum absolute atomic E-state index is 0.0101. The molecule has 1 fully saturated rings. The number of hydrogen-bond donors (Lipinski definition) is 3. The van der Waals surface area contributed by atoms with Crippen LogP contribution in [0.4, 0.5) is 0 Å². The monoisotopic (exact) mass is 485 g/mol. The van der Waals surface area contributed by atoms with Gasteiger partial charge in [-0.05, 0) is 74.8 Å². The lowest BCUT2D eigenvalue weighted by Crippen LogP contribution is -2.57. The molecular weight excluding hydrogens is 458 g/mol. The van der Waals surface area contributed by atoms with Gasteiger partial charge in [0.05, 0.1) is 11.4 Å². The number of hydroxylamine groups is 2. The molecule has 2 amide bonds. The average molecular weight is 486 g/mol. The molecule has 0 aromatic heterocycles. The fourth-order valence-electron chi connectivity index (χ4n) is 3.81. The van der Waals surface area contributed by atoms with Gasteiger partial charge in [-0.1, -0.05) is 18.1 Å². The number of ether oxygens (including phenoxy) is 1. The van der Waals surface area contributed by atoms with Gasteiger partial charge in [-0.2, -0.15) is 0 Å². The van der Waals surface area contributed by atoms with E-state index < -0.39 is 26.4 Å². The van der Waals surface area contributed by atoms with E-state index >= 15 is 0 Å². The maximum Gasteiger partial charge on any atom is 0.268 e. The summed E-state index contributed by atoms with van der Waals surface area (Å²) in [5, 5.41) is 14.1. The highest BCUT2D eigenvalue weighted by atomic mass is 32.2. The SMILES string of the molecule is CC#CCOc1ccc(S(=O)(=O)C2(C(=O)N(O)Cc3ccc(C(N)=O)cc3)CCNCC2)cc1. The molecule has 2 aromatic carbocycles. The molecule has 0 saturated carbocycles. The Labute approximate surface area is 198 Å². The summed E-state index contributed by atoms with van der Waals surface area (Å²) in [6.45, 7) is 2.24. The van der Waals surface area contributed by atoms with Crippen molar-refractivity contribution in [1.82, 2.24) is 10.4 Å². The van der Waals surface area contributed by atoms with E-state index in [1.165, 1.54) is 36.4 Å². The maximum atomic E-state index is 13.7. The van der Waals surface area contributed by atoms with E-state index in [0.29, 0.717) is 29.5 Å². The van der Waals surface area contributed by atoms with Gasteiger partial charge >= 0.3 is 0 Å². The van der Waals surface area contributed by atoms with Crippen LogP contribution in [0, 0.1) is 11.8 Å². The normalized spacial score (nSPS) is 15.0. The molecule has 0 aliphatic carbocycles. The molecule has 10 heteroatoms. The van der Waals surface area contributed by atoms with Crippen LogP contribution in [0.5, 0.6) is 5.75 Å². The van der Waals surface area contributed by atoms with E-state index in [2.05, 4.69) is 17.2 Å². The molecule has 1 aliphatic rings. The fraction of sp³-hybridized carbons (Fsp3) is 0.333. The molecule has 0 radical (unpaired) electrons. The molecule has 1 heterocycles. The predicted octanol–water partition coefficient (Wildman–Crippen LogP) is 1.50. The van der Waals surface area contributed by atoms with E-state index in [1.807, 2.05) is 0 Å². The Morgan fingerprint density at radius 3 is 2.29 bits per heavy atom. The maximum absolute atomic E-state index is 13.7. The van der Waals surface area contributed by atoms with Gasteiger partial charge < -0.3 is 15.8 Å². The van der Waals surface area contributed by atoms with Gasteiger partial charge in [-0.3, -0.25) is 14.8 Å². The van der Waals surface area contributed by atoms with Crippen LogP contribution in [0.15, 0.2) is 53.4 Å². The molecule has 3 rings (SSSR count). The average Bonchev–Trinajstić information content (AvgIpc) is 2.84. The number of sulfone groups is 1. The van der Waals surface area contributed by atoms with Gasteiger partial charge in [-0.25, -0.2) is 13.5 Å². The first-order valence-electron chi connectivity index (χ1n) is 10.7. The molecule has 0 bridgehead atoms. The van der Waals surface area contributed by atoms with E-state index in [4.69, 9.17) is 10.5 Å². The number of benzene rings is 2. The van der Waals surface area contributed by atoms with Crippen molar-refractivity contribution in [2.75, 3.05) is 19.7 Å². The molecule has 4 N–H and O–H groups in total. The molecule has 180 valence electrons. The molecule has 0 spiro atoms. The number of primary amides is 1. The zero-order chi connectivity index (χ0) is 24.8. The number of nitrogens with zero attached hydrogens (tertiary/aromatic N) is 1. The quantitative estimate of drug-likeness (QED) is 0.293. The number of nitrogens with one attached hydrogen (secondary N) is 1. The van der Waals surface area contributed by atoms with Crippen LogP contribution in [-0.4, -0.2) is 54.9 Å². The van der Waals surface area contributed by atoms with Crippen molar-refractivity contribution < 1.29 is 28.0 Å². The summed E-state index contributed by atoms with van der Waals surface area (Å²) in [4.78, 5) is 24.6. The smallest absolute Gasteiger partial charge is 0.268 e. The largest absolute Gasteiger partial charge is 0.481 e. The summed E-state index contributed by atoms with van der Waals surface area (Å²) in [7, 11) is -4.16. The Hall–Kier alpha value is -3.39. The van der Waals surface area contributed by atoms with Gasteiger partial charge in [-0.15, -0.1) is 5.92 Å². The van der Waals surface area contributed by atoms with Gasteiger partial charge in [0.25, 0.3) is 5.91 Å². The molecule has 1 aliphatic heterocycles. The highest BCUT2D eigenvalue weighted by molar-refractivity contribution is 7.93. The van der Waals surface area contributed by atoms with Crippen molar-refractivity contribution in [2.45, 2.75) is 36.0 Å². The highest BCUT2D eigenvalue weighted by Crippen LogP contribution is 2.36. The molecule has 1 saturated heterocycles. The van der Waals surface area contributed by atoms with Crippen LogP contribution >= 0.6 is 0 Å². The van der Waals surface area contributed by atoms with Crippen LogP contribution in [0.25, 0.3) is 0 Å². The fourth-order valence-corrected chi connectivity index (χ4v) is 5.84. The summed E-state index contributed by atoms with van der Waals surface area (Å²) in [6.07, 6.45) is 0.0202. The minimum Gasteiger partial charge on any atom is -0.481 e. The topological polar surface area (TPSA) is 139 Å². The van der Waals surface area contributed by atoms with Crippen LogP contribution in [-0.2, 0) is 21.2 Å². The van der Waals surface area contributed by atoms with Gasteiger partial charge in [0.2, 0.25) is 5.91 Å². The number of amides is 2. The number of hydrogen-bond acceptors (Lipinski definition) is 7. The summed E-state index contributed by atoms with van der Waals surface area (Å²) in [6, 6.07) is 11.9. The highest BCUT2D eigenvalue weighted by Gasteiger charge is 2.53. The predicted molar refractivity (Wildman–Crippen MR) is 125 cm³/mol. The third-order valence-electron chi connectivity index (χ3n) is 5.74. The first-order valence-corrected chi connectivity index (χ1v) is 12.2. The van der Waals surface area contributed by atoms with Crippen molar-refractivity contribution in [3.8, 4) is 17.6 Å². The Morgan fingerprint density at radius 2 is 1.74 bits per heavy atom. The molecule has 0 atom stereocenters. The second-order valence-electron chi connectivity index (χ2n) is 7.86. The standard InChI is InChI=1S/C24H27N3O6S/c1-2-3-16-33-20-8-10-21(11-9-20)34(31,32)24(12-14-26-15-13-24)23(29)27(30)17-18-4-6-19(7-5-18)22(25)28/h4-11,26,30H,12-17H2,1H3,(H2,25,28). The van der Waals surface area contributed by atoms with E-state index in [0.717, 1.165) is 0 Å². The number of nitrogens with two attached hydrogens (primary N) is 1. The third kappa shape index (κ3) is 5.22. The third-order valence-corrected chi connectivity index (χ3v) is 8.25. The van der Waals surface area contributed by atoms with E-state index in [9.17, 15) is 23.2 Å². The van der Waals surface area contributed by atoms with Crippen LogP contribution in [0.3, 0.4) is 0 Å². The number of rotatable bonds is 8. The molecule has 2 aromatic rings. The number of piperidine rings is 1. The van der Waals surface area contributed by atoms with Crippen LogP contribution in [0.2, 0.25) is 0 Å². The second kappa shape index (κ2) is 10.7. The lowest BCUT2D eigenvalue weighted by Gasteiger charge is -2.37. The van der Waals surface area contributed by atoms with E-state index in [1.54, 1.807) is 19.1 Å². The summed E-state index contributed by atoms with van der Waals surface area (Å²) < 4.78 is 31.0. The minimum atomic E-state index is -4.16. The van der Waals surface area contributed by atoms with Crippen LogP contribution < -0.4 is 15.8 Å². The summed E-state index contributed by atoms with van der Waals surface area (Å²) >= 11 is 0. The number of carbonyl (C=O) groups is 2. The van der Waals surface area contributed by atoms with Crippen LogP contribution in [0.1, 0.15) is 35.7 Å². The van der Waals surface area contributed by atoms with Crippen molar-refractivity contribution in [3.63, 3.8) is 0 Å². The Kier molecular flexibility index (Phi) is 7.94. The zero-order valence-electron chi connectivity index (χ0n) is 18.8. The molecular formula is C24H27N3O6S.